The number of ether oxygens (including phenoxy) is 1. The minimum atomic E-state index is -3.55. The van der Waals surface area contributed by atoms with Gasteiger partial charge in [-0.05, 0) is 26.7 Å². The number of morpholine rings is 1. The molecule has 3 amide bonds. The fourth-order valence-corrected chi connectivity index (χ4v) is 7.01. The molecule has 3 aliphatic heterocycles. The average Bonchev–Trinajstić information content (AvgIpc) is 2.88. The van der Waals surface area contributed by atoms with Gasteiger partial charge in [-0.25, -0.2) is 9.69 Å². The summed E-state index contributed by atoms with van der Waals surface area (Å²) in [6, 6.07) is -0.321. The maximum absolute atomic E-state index is 13.1. The third kappa shape index (κ3) is 4.61. The van der Waals surface area contributed by atoms with Gasteiger partial charge in [-0.1, -0.05) is 25.7 Å². The second kappa shape index (κ2) is 8.93. The van der Waals surface area contributed by atoms with E-state index in [0.717, 1.165) is 25.7 Å². The van der Waals surface area contributed by atoms with Crippen molar-refractivity contribution < 1.29 is 22.7 Å². The number of carbonyl (C=O) groups excluding carboxylic acids is 2. The van der Waals surface area contributed by atoms with E-state index in [1.165, 1.54) is 13.5 Å². The van der Waals surface area contributed by atoms with Crippen molar-refractivity contribution in [2.75, 3.05) is 45.9 Å². The average molecular weight is 458 g/mol. The zero-order valence-corrected chi connectivity index (χ0v) is 19.4. The summed E-state index contributed by atoms with van der Waals surface area (Å²) in [4.78, 5) is 29.0. The molecular weight excluding hydrogens is 422 g/mol. The van der Waals surface area contributed by atoms with E-state index in [9.17, 15) is 18.0 Å². The molecule has 3 saturated heterocycles. The summed E-state index contributed by atoms with van der Waals surface area (Å²) in [7, 11) is -3.55. The third-order valence-corrected chi connectivity index (χ3v) is 8.88. The topological polar surface area (TPSA) is 103 Å². The van der Waals surface area contributed by atoms with Gasteiger partial charge in [0, 0.05) is 39.3 Å². The van der Waals surface area contributed by atoms with Gasteiger partial charge in [0.05, 0.1) is 18.9 Å². The fraction of sp³-hybridized carbons (Fsp3) is 0.900. The van der Waals surface area contributed by atoms with Crippen LogP contribution in [0.4, 0.5) is 4.79 Å². The number of amides is 3. The molecule has 1 N–H and O–H groups in total. The van der Waals surface area contributed by atoms with Gasteiger partial charge >= 0.3 is 6.03 Å². The van der Waals surface area contributed by atoms with Crippen molar-refractivity contribution in [1.82, 2.24) is 23.7 Å². The van der Waals surface area contributed by atoms with Crippen molar-refractivity contribution in [3.63, 3.8) is 0 Å². The Balaban J connectivity index is 1.34. The van der Waals surface area contributed by atoms with E-state index in [-0.39, 0.29) is 30.8 Å². The quantitative estimate of drug-likeness (QED) is 0.619. The summed E-state index contributed by atoms with van der Waals surface area (Å²) in [5, 5.41) is 2.97. The molecule has 1 spiro atoms. The molecular formula is C20H35N5O5S. The number of nitrogens with one attached hydrogen (secondary N) is 1. The number of urea groups is 1. The van der Waals surface area contributed by atoms with E-state index >= 15 is 0 Å². The number of carbonyl (C=O) groups is 2. The molecule has 0 bridgehead atoms. The predicted octanol–water partition coefficient (Wildman–Crippen LogP) is 0.560. The first-order chi connectivity index (χ1) is 14.7. The van der Waals surface area contributed by atoms with Gasteiger partial charge in [-0.15, -0.1) is 0 Å². The van der Waals surface area contributed by atoms with Gasteiger partial charge in [0.25, 0.3) is 16.1 Å². The monoisotopic (exact) mass is 457 g/mol. The Bertz CT molecular complexity index is 780. The highest BCUT2D eigenvalue weighted by molar-refractivity contribution is 7.86. The van der Waals surface area contributed by atoms with Crippen molar-refractivity contribution in [3.8, 4) is 0 Å². The molecule has 0 radical (unpaired) electrons. The Labute approximate surface area is 185 Å². The van der Waals surface area contributed by atoms with E-state index in [1.54, 1.807) is 0 Å². The van der Waals surface area contributed by atoms with Crippen molar-refractivity contribution in [2.24, 2.45) is 0 Å². The van der Waals surface area contributed by atoms with E-state index < -0.39 is 15.7 Å². The van der Waals surface area contributed by atoms with Crippen LogP contribution in [0.3, 0.4) is 0 Å². The molecule has 1 aliphatic carbocycles. The number of hydrogen-bond acceptors (Lipinski definition) is 6. The van der Waals surface area contributed by atoms with Crippen molar-refractivity contribution in [2.45, 2.75) is 70.1 Å². The normalized spacial score (nSPS) is 31.7. The van der Waals surface area contributed by atoms with Crippen molar-refractivity contribution in [3.05, 3.63) is 0 Å². The lowest BCUT2D eigenvalue weighted by atomic mass is 9.90. The van der Waals surface area contributed by atoms with Crippen LogP contribution in [0.25, 0.3) is 0 Å². The molecule has 176 valence electrons. The molecule has 0 aromatic carbocycles. The summed E-state index contributed by atoms with van der Waals surface area (Å²) < 4.78 is 34.8. The number of rotatable bonds is 4. The maximum atomic E-state index is 13.1. The van der Waals surface area contributed by atoms with Gasteiger partial charge in [0.2, 0.25) is 0 Å². The Morgan fingerprint density at radius 3 is 2.10 bits per heavy atom. The lowest BCUT2D eigenvalue weighted by Crippen LogP contribution is -2.58. The van der Waals surface area contributed by atoms with Crippen LogP contribution in [-0.4, -0.2) is 102 Å². The Morgan fingerprint density at radius 1 is 0.935 bits per heavy atom. The zero-order chi connectivity index (χ0) is 22.2. The molecule has 31 heavy (non-hydrogen) atoms. The summed E-state index contributed by atoms with van der Waals surface area (Å²) >= 11 is 0. The molecule has 3 heterocycles. The zero-order valence-electron chi connectivity index (χ0n) is 18.6. The number of hydrogen-bond donors (Lipinski definition) is 1. The van der Waals surface area contributed by atoms with E-state index in [2.05, 4.69) is 5.32 Å². The van der Waals surface area contributed by atoms with E-state index in [0.29, 0.717) is 52.1 Å². The third-order valence-electron chi connectivity index (χ3n) is 6.91. The number of imide groups is 1. The van der Waals surface area contributed by atoms with Gasteiger partial charge in [0.1, 0.15) is 5.54 Å². The minimum Gasteiger partial charge on any atom is -0.373 e. The molecule has 2 unspecified atom stereocenters. The Morgan fingerprint density at radius 2 is 1.52 bits per heavy atom. The Kier molecular flexibility index (Phi) is 6.60. The summed E-state index contributed by atoms with van der Waals surface area (Å²) in [6.07, 6.45) is 5.26. The van der Waals surface area contributed by atoms with E-state index in [4.69, 9.17) is 4.74 Å². The van der Waals surface area contributed by atoms with Gasteiger partial charge < -0.3 is 10.1 Å². The highest BCUT2D eigenvalue weighted by atomic mass is 32.2. The lowest BCUT2D eigenvalue weighted by molar-refractivity contribution is -0.133. The molecule has 1 saturated carbocycles. The van der Waals surface area contributed by atoms with Gasteiger partial charge in [0.15, 0.2) is 0 Å². The first-order valence-corrected chi connectivity index (χ1v) is 12.9. The summed E-state index contributed by atoms with van der Waals surface area (Å²) in [5.41, 5.74) is -0.734. The molecule has 4 fully saturated rings. The lowest BCUT2D eigenvalue weighted by Gasteiger charge is -2.40. The van der Waals surface area contributed by atoms with E-state index in [1.807, 2.05) is 18.7 Å². The Hall–Kier alpha value is -1.27. The van der Waals surface area contributed by atoms with Crippen LogP contribution in [0.2, 0.25) is 0 Å². The van der Waals surface area contributed by atoms with Gasteiger partial charge in [-0.3, -0.25) is 9.69 Å². The second-order valence-electron chi connectivity index (χ2n) is 9.40. The standard InChI is InChI=1S/C20H35N5O5S/c1-16-13-24(14-17(2)30-16)31(28,29)23-11-9-22(10-12-23)15-25-18(26)20(21-19(25)27)7-5-3-4-6-8-20/h16-17H,3-15H2,1-2H3,(H,21,27). The highest BCUT2D eigenvalue weighted by Crippen LogP contribution is 2.33. The smallest absolute Gasteiger partial charge is 0.326 e. The van der Waals surface area contributed by atoms with Crippen molar-refractivity contribution in [1.29, 1.82) is 0 Å². The minimum absolute atomic E-state index is 0.120. The summed E-state index contributed by atoms with van der Waals surface area (Å²) in [6.45, 7) is 6.36. The summed E-state index contributed by atoms with van der Waals surface area (Å²) in [5.74, 6) is -0.120. The molecule has 11 heteroatoms. The predicted molar refractivity (Wildman–Crippen MR) is 114 cm³/mol. The van der Waals surface area contributed by atoms with Crippen LogP contribution in [0.1, 0.15) is 52.4 Å². The van der Waals surface area contributed by atoms with Crippen LogP contribution < -0.4 is 5.32 Å². The van der Waals surface area contributed by atoms with Crippen LogP contribution in [0, 0.1) is 0 Å². The first kappa shape index (κ1) is 22.9. The van der Waals surface area contributed by atoms with Crippen LogP contribution >= 0.6 is 0 Å². The van der Waals surface area contributed by atoms with Gasteiger partial charge in [-0.2, -0.15) is 17.0 Å². The molecule has 2 atom stereocenters. The SMILES string of the molecule is CC1CN(S(=O)(=O)N2CCN(CN3C(=O)NC4(CCCCCC4)C3=O)CC2)CC(C)O1. The highest BCUT2D eigenvalue weighted by Gasteiger charge is 2.51. The van der Waals surface area contributed by atoms with Crippen LogP contribution in [0.5, 0.6) is 0 Å². The van der Waals surface area contributed by atoms with Crippen LogP contribution in [-0.2, 0) is 19.7 Å². The number of nitrogens with zero attached hydrogens (tertiary/aromatic N) is 4. The van der Waals surface area contributed by atoms with Crippen molar-refractivity contribution >= 4 is 22.1 Å². The second-order valence-corrected chi connectivity index (χ2v) is 11.3. The maximum Gasteiger partial charge on any atom is 0.326 e. The molecule has 10 nitrogen and oxygen atoms in total. The molecule has 4 aliphatic rings. The number of piperazine rings is 1. The molecule has 0 aromatic heterocycles. The molecule has 0 aromatic rings. The fourth-order valence-electron chi connectivity index (χ4n) is 5.26. The molecule has 4 rings (SSSR count). The van der Waals surface area contributed by atoms with Crippen LogP contribution in [0.15, 0.2) is 0 Å². The largest absolute Gasteiger partial charge is 0.373 e. The first-order valence-electron chi connectivity index (χ1n) is 11.5.